The van der Waals surface area contributed by atoms with Crippen molar-refractivity contribution in [3.8, 4) is 5.75 Å². The van der Waals surface area contributed by atoms with Crippen molar-refractivity contribution in [2.24, 2.45) is 34.5 Å². The van der Waals surface area contributed by atoms with Crippen LogP contribution in [0.4, 0.5) is 0 Å². The summed E-state index contributed by atoms with van der Waals surface area (Å²) >= 11 is 0. The number of hydrogen-bond acceptors (Lipinski definition) is 4. The van der Waals surface area contributed by atoms with E-state index < -0.39 is 0 Å². The Labute approximate surface area is 180 Å². The molecule has 2 heterocycles. The van der Waals surface area contributed by atoms with Crippen LogP contribution in [-0.2, 0) is 9.53 Å². The van der Waals surface area contributed by atoms with E-state index in [9.17, 15) is 4.79 Å². The number of carbonyl (C=O) groups excluding carboxylic acids is 1. The van der Waals surface area contributed by atoms with Crippen LogP contribution in [0.3, 0.4) is 0 Å². The highest BCUT2D eigenvalue weighted by Gasteiger charge is 2.58. The first kappa shape index (κ1) is 20.1. The number of nitrogens with zero attached hydrogens (tertiary/aromatic N) is 1. The van der Waals surface area contributed by atoms with Crippen LogP contribution in [0.25, 0.3) is 5.57 Å². The van der Waals surface area contributed by atoms with E-state index in [1.807, 2.05) is 19.3 Å². The maximum absolute atomic E-state index is 12.0. The molecule has 1 saturated heterocycles. The van der Waals surface area contributed by atoms with Crippen LogP contribution in [-0.4, -0.2) is 24.2 Å². The van der Waals surface area contributed by atoms with Gasteiger partial charge in [0.25, 0.3) is 0 Å². The van der Waals surface area contributed by atoms with Crippen LogP contribution >= 0.6 is 0 Å². The summed E-state index contributed by atoms with van der Waals surface area (Å²) in [6.45, 7) is 8.29. The van der Waals surface area contributed by atoms with E-state index >= 15 is 0 Å². The topological polar surface area (TPSA) is 48.4 Å². The van der Waals surface area contributed by atoms with E-state index in [1.165, 1.54) is 43.2 Å². The van der Waals surface area contributed by atoms with Gasteiger partial charge in [-0.25, -0.2) is 0 Å². The third-order valence-corrected chi connectivity index (χ3v) is 9.29. The molecule has 6 atom stereocenters. The summed E-state index contributed by atoms with van der Waals surface area (Å²) in [5.74, 6) is 3.57. The molecule has 162 valence electrons. The van der Waals surface area contributed by atoms with E-state index in [4.69, 9.17) is 9.47 Å². The number of hydrogen-bond donors (Lipinski definition) is 0. The lowest BCUT2D eigenvalue weighted by molar-refractivity contribution is -0.144. The summed E-state index contributed by atoms with van der Waals surface area (Å²) in [6.07, 6.45) is 14.1. The van der Waals surface area contributed by atoms with Gasteiger partial charge >= 0.3 is 5.97 Å². The predicted octanol–water partition coefficient (Wildman–Crippen LogP) is 5.67. The Morgan fingerprint density at radius 1 is 1.17 bits per heavy atom. The highest BCUT2D eigenvalue weighted by molar-refractivity contribution is 5.73. The third-order valence-electron chi connectivity index (χ3n) is 9.29. The number of ether oxygens (including phenoxy) is 2. The summed E-state index contributed by atoms with van der Waals surface area (Å²) in [5, 5.41) is 0. The van der Waals surface area contributed by atoms with Crippen molar-refractivity contribution in [3.63, 3.8) is 0 Å². The molecule has 0 bridgehead atoms. The van der Waals surface area contributed by atoms with Gasteiger partial charge in [-0.3, -0.25) is 9.78 Å². The Morgan fingerprint density at radius 3 is 2.87 bits per heavy atom. The van der Waals surface area contributed by atoms with Crippen molar-refractivity contribution in [2.75, 3.05) is 13.2 Å². The molecule has 5 rings (SSSR count). The molecule has 1 aromatic heterocycles. The zero-order valence-electron chi connectivity index (χ0n) is 18.7. The van der Waals surface area contributed by atoms with E-state index in [0.29, 0.717) is 37.4 Å². The Bertz CT molecular complexity index is 864. The van der Waals surface area contributed by atoms with Gasteiger partial charge in [0.15, 0.2) is 0 Å². The number of rotatable bonds is 3. The zero-order chi connectivity index (χ0) is 20.9. The number of cyclic esters (lactones) is 1. The molecule has 0 unspecified atom stereocenters. The van der Waals surface area contributed by atoms with Crippen molar-refractivity contribution in [1.82, 2.24) is 4.98 Å². The lowest BCUT2D eigenvalue weighted by Gasteiger charge is -2.58. The van der Waals surface area contributed by atoms with Gasteiger partial charge in [0.05, 0.1) is 19.4 Å². The van der Waals surface area contributed by atoms with Gasteiger partial charge in [-0.15, -0.1) is 0 Å². The molecule has 0 radical (unpaired) electrons. The zero-order valence-corrected chi connectivity index (χ0v) is 18.7. The number of pyridine rings is 1. The van der Waals surface area contributed by atoms with Gasteiger partial charge in [0.1, 0.15) is 5.75 Å². The molecule has 3 aliphatic carbocycles. The van der Waals surface area contributed by atoms with Crippen LogP contribution in [0, 0.1) is 34.5 Å². The molecule has 4 aliphatic rings. The molecule has 1 aromatic rings. The Balaban J connectivity index is 1.42. The molecule has 30 heavy (non-hydrogen) atoms. The smallest absolute Gasteiger partial charge is 0.305 e. The largest absolute Gasteiger partial charge is 0.492 e. The minimum Gasteiger partial charge on any atom is -0.492 e. The van der Waals surface area contributed by atoms with Crippen LogP contribution < -0.4 is 4.74 Å². The van der Waals surface area contributed by atoms with E-state index in [1.54, 1.807) is 0 Å². The standard InChI is InChI=1S/C26H35NO3/c1-4-29-19-13-17(14-27-15-19)21-7-8-22-20-6-5-18-16-30-24(28)10-12-25(18,2)23(20)9-11-26(21,22)3/h7,13-15,18,20,22-23H,4-6,8-12,16H2,1-3H3/t18-,20-,22-,23-,25-,26+/m0/s1. The fraction of sp³-hybridized carbons (Fsp3) is 0.692. The molecule has 2 saturated carbocycles. The van der Waals surface area contributed by atoms with Crippen molar-refractivity contribution in [1.29, 1.82) is 0 Å². The molecular weight excluding hydrogens is 374 g/mol. The van der Waals surface area contributed by atoms with Crippen molar-refractivity contribution < 1.29 is 14.3 Å². The molecule has 4 nitrogen and oxygen atoms in total. The summed E-state index contributed by atoms with van der Waals surface area (Å²) < 4.78 is 11.3. The summed E-state index contributed by atoms with van der Waals surface area (Å²) in [4.78, 5) is 16.5. The number of fused-ring (bicyclic) bond motifs is 5. The monoisotopic (exact) mass is 409 g/mol. The maximum atomic E-state index is 12.0. The van der Waals surface area contributed by atoms with Gasteiger partial charge in [0.2, 0.25) is 0 Å². The van der Waals surface area contributed by atoms with Crippen LogP contribution in [0.5, 0.6) is 5.75 Å². The van der Waals surface area contributed by atoms with E-state index in [-0.39, 0.29) is 16.8 Å². The first-order valence-electron chi connectivity index (χ1n) is 11.9. The molecule has 0 spiro atoms. The first-order valence-corrected chi connectivity index (χ1v) is 11.9. The number of carbonyl (C=O) groups is 1. The van der Waals surface area contributed by atoms with Crippen LogP contribution in [0.2, 0.25) is 0 Å². The van der Waals surface area contributed by atoms with Crippen LogP contribution in [0.15, 0.2) is 24.5 Å². The molecule has 0 aromatic carbocycles. The molecule has 0 amide bonds. The molecule has 1 aliphatic heterocycles. The lowest BCUT2D eigenvalue weighted by Crippen LogP contribution is -2.51. The number of esters is 1. The SMILES string of the molecule is CCOc1cncc(C2=CC[C@H]3[C@@H]4CC[C@H]5COC(=O)CC[C@]5(C)[C@H]4CC[C@]23C)c1. The predicted molar refractivity (Wildman–Crippen MR) is 117 cm³/mol. The second-order valence-electron chi connectivity index (χ2n) is 10.5. The molecule has 4 heteroatoms. The van der Waals surface area contributed by atoms with Gasteiger partial charge in [-0.2, -0.15) is 0 Å². The first-order chi connectivity index (χ1) is 14.5. The maximum Gasteiger partial charge on any atom is 0.305 e. The van der Waals surface area contributed by atoms with Crippen LogP contribution in [0.1, 0.15) is 71.3 Å². The minimum atomic E-state index is 0.00863. The quantitative estimate of drug-likeness (QED) is 0.604. The highest BCUT2D eigenvalue weighted by Crippen LogP contribution is 2.66. The highest BCUT2D eigenvalue weighted by atomic mass is 16.5. The fourth-order valence-electron chi connectivity index (χ4n) is 7.66. The normalized spacial score (nSPS) is 40.4. The second-order valence-corrected chi connectivity index (χ2v) is 10.5. The third kappa shape index (κ3) is 3.01. The Kier molecular flexibility index (Phi) is 4.95. The van der Waals surface area contributed by atoms with Crippen molar-refractivity contribution >= 4 is 11.5 Å². The average Bonchev–Trinajstić information content (AvgIpc) is 3.01. The van der Waals surface area contributed by atoms with Crippen molar-refractivity contribution in [3.05, 3.63) is 30.1 Å². The summed E-state index contributed by atoms with van der Waals surface area (Å²) in [6, 6.07) is 2.18. The second kappa shape index (κ2) is 7.39. The number of aromatic nitrogens is 1. The Morgan fingerprint density at radius 2 is 2.03 bits per heavy atom. The molecule has 3 fully saturated rings. The fourth-order valence-corrected chi connectivity index (χ4v) is 7.66. The summed E-state index contributed by atoms with van der Waals surface area (Å²) in [5.41, 5.74) is 3.17. The van der Waals surface area contributed by atoms with Gasteiger partial charge in [-0.1, -0.05) is 19.9 Å². The van der Waals surface area contributed by atoms with Gasteiger partial charge < -0.3 is 9.47 Å². The lowest BCUT2D eigenvalue weighted by atomic mass is 9.46. The number of allylic oxidation sites excluding steroid dienone is 2. The van der Waals surface area contributed by atoms with E-state index in [0.717, 1.165) is 18.1 Å². The van der Waals surface area contributed by atoms with Gasteiger partial charge in [0, 0.05) is 12.6 Å². The summed E-state index contributed by atoms with van der Waals surface area (Å²) in [7, 11) is 0. The molecule has 0 N–H and O–H groups in total. The Hall–Kier alpha value is -1.84. The average molecular weight is 410 g/mol. The van der Waals surface area contributed by atoms with Crippen molar-refractivity contribution in [2.45, 2.75) is 65.7 Å². The van der Waals surface area contributed by atoms with E-state index in [2.05, 4.69) is 31.0 Å². The minimum absolute atomic E-state index is 0.00863. The molecular formula is C26H35NO3. The van der Waals surface area contributed by atoms with Gasteiger partial charge in [-0.05, 0) is 97.2 Å².